The monoisotopic (exact) mass is 831 g/mol. The van der Waals surface area contributed by atoms with Gasteiger partial charge in [-0.3, -0.25) is 19.1 Å². The number of ether oxygens (including phenoxy) is 3. The first kappa shape index (κ1) is 43.0. The molecule has 0 unspecified atom stereocenters. The van der Waals surface area contributed by atoms with E-state index in [1.807, 2.05) is 44.2 Å². The summed E-state index contributed by atoms with van der Waals surface area (Å²) in [6.07, 6.45) is 5.76. The van der Waals surface area contributed by atoms with Crippen molar-refractivity contribution in [3.05, 3.63) is 42.6 Å². The summed E-state index contributed by atoms with van der Waals surface area (Å²) in [5.41, 5.74) is -3.82. The quantitative estimate of drug-likeness (QED) is 0.263. The fraction of sp³-hybridized carbons (Fsp3) is 0.634. The molecule has 6 rings (SSSR count). The van der Waals surface area contributed by atoms with E-state index in [0.717, 1.165) is 19.2 Å². The molecule has 17 heteroatoms. The van der Waals surface area contributed by atoms with Crippen LogP contribution >= 0.6 is 0 Å². The summed E-state index contributed by atoms with van der Waals surface area (Å²) >= 11 is 0. The average Bonchev–Trinajstić information content (AvgIpc) is 4.02. The molecule has 7 atom stereocenters. The SMILES string of the molecule is CCOc1cnc(O[C@@H]2C[C@H]3C(=O)N[C@]4(C(=O)NS(=O)(=O)C5(C)CC5)C[C@H]4/C=C\CC[C@@H](C)C[C@@H](C)[C@H](NC(=O)OC(C)(C)C(C)(F)F)C(=O)N3C2)c2ccccc12. The Morgan fingerprint density at radius 1 is 1.09 bits per heavy atom. The normalized spacial score (nSPS) is 29.4. The van der Waals surface area contributed by atoms with Crippen LogP contribution < -0.4 is 24.8 Å². The van der Waals surface area contributed by atoms with E-state index in [2.05, 4.69) is 20.3 Å². The Bertz CT molecular complexity index is 2070. The molecule has 4 amide bonds. The number of rotatable bonds is 10. The number of benzene rings is 1. The van der Waals surface area contributed by atoms with Crippen molar-refractivity contribution in [2.45, 2.75) is 133 Å². The van der Waals surface area contributed by atoms with Gasteiger partial charge in [0.05, 0.1) is 24.1 Å². The summed E-state index contributed by atoms with van der Waals surface area (Å²) in [4.78, 5) is 62.4. The fourth-order valence-electron chi connectivity index (χ4n) is 7.74. The molecule has 1 aromatic heterocycles. The van der Waals surface area contributed by atoms with Gasteiger partial charge < -0.3 is 29.7 Å². The number of carbonyl (C=O) groups excluding carboxylic acids is 4. The molecule has 0 bridgehead atoms. The second kappa shape index (κ2) is 15.9. The zero-order valence-corrected chi connectivity index (χ0v) is 34.9. The number of pyridine rings is 1. The Kier molecular flexibility index (Phi) is 11.8. The third kappa shape index (κ3) is 8.74. The number of nitrogens with zero attached hydrogens (tertiary/aromatic N) is 2. The van der Waals surface area contributed by atoms with Crippen LogP contribution in [0.15, 0.2) is 42.6 Å². The molecule has 1 aromatic carbocycles. The Balaban J connectivity index is 1.36. The average molecular weight is 832 g/mol. The molecular weight excluding hydrogens is 777 g/mol. The number of carbonyl (C=O) groups is 4. The Morgan fingerprint density at radius 3 is 2.43 bits per heavy atom. The molecule has 2 aromatic rings. The van der Waals surface area contributed by atoms with Crippen molar-refractivity contribution in [3.63, 3.8) is 0 Å². The minimum atomic E-state index is -4.05. The molecule has 3 fully saturated rings. The van der Waals surface area contributed by atoms with Crippen molar-refractivity contribution in [1.82, 2.24) is 25.2 Å². The van der Waals surface area contributed by atoms with E-state index >= 15 is 0 Å². The van der Waals surface area contributed by atoms with Gasteiger partial charge in [-0.2, -0.15) is 0 Å². The highest BCUT2D eigenvalue weighted by Crippen LogP contribution is 2.48. The van der Waals surface area contributed by atoms with Crippen LogP contribution in [0, 0.1) is 17.8 Å². The molecule has 0 spiro atoms. The van der Waals surface area contributed by atoms with Crippen molar-refractivity contribution in [2.24, 2.45) is 17.8 Å². The zero-order chi connectivity index (χ0) is 42.4. The number of hydrogen-bond donors (Lipinski definition) is 3. The van der Waals surface area contributed by atoms with Crippen LogP contribution in [-0.4, -0.2) is 95.3 Å². The lowest BCUT2D eigenvalue weighted by Crippen LogP contribution is -2.59. The van der Waals surface area contributed by atoms with E-state index in [4.69, 9.17) is 14.2 Å². The van der Waals surface area contributed by atoms with Crippen LogP contribution in [-0.2, 0) is 29.1 Å². The Hall–Kier alpha value is -4.54. The third-order valence-electron chi connectivity index (χ3n) is 12.2. The number of hydrogen-bond acceptors (Lipinski definition) is 10. The topological polar surface area (TPSA) is 182 Å². The highest BCUT2D eigenvalue weighted by molar-refractivity contribution is 7.91. The van der Waals surface area contributed by atoms with Crippen molar-refractivity contribution >= 4 is 44.6 Å². The van der Waals surface area contributed by atoms with Crippen molar-refractivity contribution < 1.29 is 50.6 Å². The molecular formula is C41H55F2N5O9S. The highest BCUT2D eigenvalue weighted by atomic mass is 32.2. The fourth-order valence-corrected chi connectivity index (χ4v) is 9.05. The number of fused-ring (bicyclic) bond motifs is 3. The first-order valence-corrected chi connectivity index (χ1v) is 21.5. The van der Waals surface area contributed by atoms with Crippen molar-refractivity contribution in [1.29, 1.82) is 0 Å². The number of halogens is 2. The molecule has 3 N–H and O–H groups in total. The first-order valence-electron chi connectivity index (χ1n) is 20.0. The molecule has 0 radical (unpaired) electrons. The van der Waals surface area contributed by atoms with Crippen LogP contribution in [0.5, 0.6) is 11.6 Å². The van der Waals surface area contributed by atoms with Crippen LogP contribution in [0.4, 0.5) is 13.6 Å². The molecule has 58 heavy (non-hydrogen) atoms. The summed E-state index contributed by atoms with van der Waals surface area (Å²) in [6, 6.07) is 4.74. The van der Waals surface area contributed by atoms with Gasteiger partial charge >= 0.3 is 6.09 Å². The predicted octanol–water partition coefficient (Wildman–Crippen LogP) is 5.40. The van der Waals surface area contributed by atoms with Gasteiger partial charge in [-0.1, -0.05) is 44.2 Å². The standard InChI is InChI=1S/C41H55F2N5O9S/c1-8-55-31-22-44-34(29-16-12-11-15-28(29)31)56-27-20-30-33(49)46-41(36(51)47-58(53,54)39(6)17-18-39)21-26(41)14-10-9-13-24(2)19-25(3)32(35(50)48(30)23-27)45-37(52)57-38(4,5)40(7,42)43/h10-12,14-16,22,24-27,30,32H,8-9,13,17-21,23H2,1-7H3,(H,45,52)(H,46,49)(H,47,51)/b14-10-/t24-,25-,26-,27-,30+,32+,41-/m1/s1. The lowest BCUT2D eigenvalue weighted by molar-refractivity contribution is -0.152. The van der Waals surface area contributed by atoms with Gasteiger partial charge in [0.1, 0.15) is 29.5 Å². The predicted molar refractivity (Wildman–Crippen MR) is 211 cm³/mol. The molecule has 4 aliphatic rings. The van der Waals surface area contributed by atoms with E-state index in [0.29, 0.717) is 56.8 Å². The lowest BCUT2D eigenvalue weighted by atomic mass is 9.88. The Morgan fingerprint density at radius 2 is 1.78 bits per heavy atom. The highest BCUT2D eigenvalue weighted by Gasteiger charge is 2.63. The number of amides is 4. The number of alkyl carbamates (subject to hydrolysis) is 1. The van der Waals surface area contributed by atoms with E-state index in [1.54, 1.807) is 19.9 Å². The number of sulfonamides is 1. The van der Waals surface area contributed by atoms with Crippen LogP contribution in [0.1, 0.15) is 93.4 Å². The minimum absolute atomic E-state index is 0.0234. The molecule has 2 aliphatic carbocycles. The molecule has 14 nitrogen and oxygen atoms in total. The number of nitrogens with one attached hydrogen (secondary N) is 3. The van der Waals surface area contributed by atoms with Gasteiger partial charge in [-0.05, 0) is 84.1 Å². The molecule has 318 valence electrons. The van der Waals surface area contributed by atoms with Crippen molar-refractivity contribution in [2.75, 3.05) is 13.2 Å². The molecule has 3 heterocycles. The number of allylic oxidation sites excluding steroid dienone is 1. The van der Waals surface area contributed by atoms with Crippen molar-refractivity contribution in [3.8, 4) is 11.6 Å². The second-order valence-corrected chi connectivity index (χ2v) is 19.5. The summed E-state index contributed by atoms with van der Waals surface area (Å²) in [5, 5.41) is 6.75. The van der Waals surface area contributed by atoms with Gasteiger partial charge in [0.2, 0.25) is 27.7 Å². The molecule has 1 saturated heterocycles. The zero-order valence-electron chi connectivity index (χ0n) is 34.1. The lowest BCUT2D eigenvalue weighted by Gasteiger charge is -2.35. The van der Waals surface area contributed by atoms with E-state index in [1.165, 1.54) is 11.1 Å². The smallest absolute Gasteiger partial charge is 0.408 e. The third-order valence-corrected chi connectivity index (χ3v) is 14.4. The van der Waals surface area contributed by atoms with Gasteiger partial charge in [-0.15, -0.1) is 0 Å². The number of alkyl halides is 2. The maximum atomic E-state index is 14.8. The summed E-state index contributed by atoms with van der Waals surface area (Å²) in [5.74, 6) is -5.95. The maximum Gasteiger partial charge on any atom is 0.408 e. The van der Waals surface area contributed by atoms with Crippen LogP contribution in [0.2, 0.25) is 0 Å². The van der Waals surface area contributed by atoms with Crippen LogP contribution in [0.3, 0.4) is 0 Å². The molecule has 2 aliphatic heterocycles. The number of aromatic nitrogens is 1. The maximum absolute atomic E-state index is 14.8. The van der Waals surface area contributed by atoms with E-state index in [-0.39, 0.29) is 31.2 Å². The summed E-state index contributed by atoms with van der Waals surface area (Å²) in [7, 11) is -4.05. The van der Waals surface area contributed by atoms with Gasteiger partial charge in [-0.25, -0.2) is 27.0 Å². The van der Waals surface area contributed by atoms with Gasteiger partial charge in [0.15, 0.2) is 5.60 Å². The van der Waals surface area contributed by atoms with Gasteiger partial charge in [0.25, 0.3) is 11.8 Å². The first-order chi connectivity index (χ1) is 27.1. The second-order valence-electron chi connectivity index (χ2n) is 17.3. The minimum Gasteiger partial charge on any atom is -0.492 e. The Labute approximate surface area is 338 Å². The summed E-state index contributed by atoms with van der Waals surface area (Å²) in [6.45, 7) is 10.2. The molecule has 2 saturated carbocycles. The summed E-state index contributed by atoms with van der Waals surface area (Å²) < 4.78 is 73.8. The van der Waals surface area contributed by atoms with E-state index < -0.39 is 85.7 Å². The van der Waals surface area contributed by atoms with E-state index in [9.17, 15) is 36.4 Å². The largest absolute Gasteiger partial charge is 0.492 e. The van der Waals surface area contributed by atoms with Gasteiger partial charge in [0, 0.05) is 30.0 Å². The van der Waals surface area contributed by atoms with Crippen LogP contribution in [0.25, 0.3) is 10.8 Å².